The Labute approximate surface area is 106 Å². The van der Waals surface area contributed by atoms with Crippen LogP contribution in [0.15, 0.2) is 12.3 Å². The SMILES string of the molecule is CN1CCCCC1CNc1nccc(C(=O)O)n1. The molecule has 98 valence electrons. The molecule has 2 N–H and O–H groups in total. The maximum atomic E-state index is 10.8. The average Bonchev–Trinajstić information content (AvgIpc) is 2.38. The van der Waals surface area contributed by atoms with Crippen LogP contribution in [-0.2, 0) is 0 Å². The van der Waals surface area contributed by atoms with E-state index in [4.69, 9.17) is 5.11 Å². The highest BCUT2D eigenvalue weighted by Gasteiger charge is 2.18. The first-order chi connectivity index (χ1) is 8.66. The van der Waals surface area contributed by atoms with Crippen LogP contribution in [0.3, 0.4) is 0 Å². The summed E-state index contributed by atoms with van der Waals surface area (Å²) in [5.41, 5.74) is 0.0181. The molecule has 0 amide bonds. The molecule has 0 radical (unpaired) electrons. The summed E-state index contributed by atoms with van der Waals surface area (Å²) in [6, 6.07) is 1.86. The lowest BCUT2D eigenvalue weighted by molar-refractivity contribution is 0.0690. The van der Waals surface area contributed by atoms with Crippen molar-refractivity contribution in [2.24, 2.45) is 0 Å². The molecule has 18 heavy (non-hydrogen) atoms. The van der Waals surface area contributed by atoms with Crippen LogP contribution < -0.4 is 5.32 Å². The van der Waals surface area contributed by atoms with Gasteiger partial charge in [-0.2, -0.15) is 0 Å². The molecule has 6 nitrogen and oxygen atoms in total. The Bertz CT molecular complexity index is 424. The monoisotopic (exact) mass is 250 g/mol. The quantitative estimate of drug-likeness (QED) is 0.832. The second kappa shape index (κ2) is 5.77. The minimum atomic E-state index is -1.03. The highest BCUT2D eigenvalue weighted by Crippen LogP contribution is 2.15. The zero-order chi connectivity index (χ0) is 13.0. The fraction of sp³-hybridized carbons (Fsp3) is 0.583. The summed E-state index contributed by atoms with van der Waals surface area (Å²) in [5, 5.41) is 12.0. The van der Waals surface area contributed by atoms with E-state index in [1.807, 2.05) is 0 Å². The highest BCUT2D eigenvalue weighted by atomic mass is 16.4. The van der Waals surface area contributed by atoms with Crippen LogP contribution in [0.1, 0.15) is 29.8 Å². The van der Waals surface area contributed by atoms with E-state index >= 15 is 0 Å². The van der Waals surface area contributed by atoms with Gasteiger partial charge in [0.25, 0.3) is 0 Å². The summed E-state index contributed by atoms with van der Waals surface area (Å²) < 4.78 is 0. The lowest BCUT2D eigenvalue weighted by Crippen LogP contribution is -2.41. The Morgan fingerprint density at radius 2 is 2.44 bits per heavy atom. The van der Waals surface area contributed by atoms with Gasteiger partial charge in [0.2, 0.25) is 5.95 Å². The van der Waals surface area contributed by atoms with Crippen LogP contribution in [-0.4, -0.2) is 52.1 Å². The maximum Gasteiger partial charge on any atom is 0.354 e. The number of aromatic nitrogens is 2. The topological polar surface area (TPSA) is 78.4 Å². The van der Waals surface area contributed by atoms with Crippen LogP contribution in [0.5, 0.6) is 0 Å². The number of carbonyl (C=O) groups is 1. The van der Waals surface area contributed by atoms with E-state index in [1.165, 1.54) is 25.1 Å². The molecule has 0 spiro atoms. The van der Waals surface area contributed by atoms with Crippen LogP contribution in [0.4, 0.5) is 5.95 Å². The van der Waals surface area contributed by atoms with E-state index in [1.54, 1.807) is 0 Å². The first kappa shape index (κ1) is 12.8. The number of aromatic carboxylic acids is 1. The summed E-state index contributed by atoms with van der Waals surface area (Å²) >= 11 is 0. The van der Waals surface area contributed by atoms with Gasteiger partial charge in [-0.3, -0.25) is 0 Å². The lowest BCUT2D eigenvalue weighted by atomic mass is 10.0. The van der Waals surface area contributed by atoms with E-state index in [0.717, 1.165) is 19.5 Å². The van der Waals surface area contributed by atoms with Crippen molar-refractivity contribution in [3.05, 3.63) is 18.0 Å². The normalized spacial score (nSPS) is 20.6. The minimum absolute atomic E-state index is 0.0181. The lowest BCUT2D eigenvalue weighted by Gasteiger charge is -2.32. The van der Waals surface area contributed by atoms with Crippen molar-refractivity contribution in [3.8, 4) is 0 Å². The predicted octanol–water partition coefficient (Wildman–Crippen LogP) is 1.07. The van der Waals surface area contributed by atoms with Crippen molar-refractivity contribution in [1.82, 2.24) is 14.9 Å². The second-order valence-electron chi connectivity index (χ2n) is 4.58. The number of rotatable bonds is 4. The van der Waals surface area contributed by atoms with Gasteiger partial charge < -0.3 is 15.3 Å². The van der Waals surface area contributed by atoms with Crippen LogP contribution in [0, 0.1) is 0 Å². The van der Waals surface area contributed by atoms with Crippen molar-refractivity contribution >= 4 is 11.9 Å². The third kappa shape index (κ3) is 3.16. The van der Waals surface area contributed by atoms with Crippen molar-refractivity contribution in [1.29, 1.82) is 0 Å². The zero-order valence-electron chi connectivity index (χ0n) is 10.5. The van der Waals surface area contributed by atoms with Gasteiger partial charge >= 0.3 is 5.97 Å². The Hall–Kier alpha value is -1.69. The van der Waals surface area contributed by atoms with Gasteiger partial charge in [0.1, 0.15) is 0 Å². The molecule has 6 heteroatoms. The Kier molecular flexibility index (Phi) is 4.09. The summed E-state index contributed by atoms with van der Waals surface area (Å²) in [7, 11) is 2.11. The van der Waals surface area contributed by atoms with E-state index in [2.05, 4.69) is 27.2 Å². The third-order valence-electron chi connectivity index (χ3n) is 3.29. The third-order valence-corrected chi connectivity index (χ3v) is 3.29. The zero-order valence-corrected chi connectivity index (χ0v) is 10.5. The molecular weight excluding hydrogens is 232 g/mol. The molecule has 0 aromatic carbocycles. The number of carboxylic acids is 1. The first-order valence-electron chi connectivity index (χ1n) is 6.17. The summed E-state index contributed by atoms with van der Waals surface area (Å²) in [5.74, 6) is -0.649. The van der Waals surface area contributed by atoms with Gasteiger partial charge in [0, 0.05) is 18.8 Å². The first-order valence-corrected chi connectivity index (χ1v) is 6.17. The van der Waals surface area contributed by atoms with Gasteiger partial charge in [0.05, 0.1) is 0 Å². The Balaban J connectivity index is 1.93. The molecule has 1 aromatic heterocycles. The molecule has 2 heterocycles. The standard InChI is InChI=1S/C12H18N4O2/c1-16-7-3-2-4-9(16)8-14-12-13-6-5-10(15-12)11(17)18/h5-6,9H,2-4,7-8H2,1H3,(H,17,18)(H,13,14,15). The van der Waals surface area contributed by atoms with E-state index < -0.39 is 5.97 Å². The molecular formula is C12H18N4O2. The van der Waals surface area contributed by atoms with Gasteiger partial charge in [-0.1, -0.05) is 6.42 Å². The van der Waals surface area contributed by atoms with E-state index in [-0.39, 0.29) is 5.69 Å². The number of likely N-dealkylation sites (N-methyl/N-ethyl adjacent to an activating group) is 1. The van der Waals surface area contributed by atoms with Crippen molar-refractivity contribution < 1.29 is 9.90 Å². The molecule has 1 aromatic rings. The Morgan fingerprint density at radius 1 is 1.61 bits per heavy atom. The van der Waals surface area contributed by atoms with Gasteiger partial charge in [-0.15, -0.1) is 0 Å². The average molecular weight is 250 g/mol. The number of hydrogen-bond acceptors (Lipinski definition) is 5. The Morgan fingerprint density at radius 3 is 3.17 bits per heavy atom. The summed E-state index contributed by atoms with van der Waals surface area (Å²) in [4.78, 5) is 21.1. The van der Waals surface area contributed by atoms with Gasteiger partial charge in [0.15, 0.2) is 5.69 Å². The fourth-order valence-corrected chi connectivity index (χ4v) is 2.17. The van der Waals surface area contributed by atoms with Crippen LogP contribution in [0.25, 0.3) is 0 Å². The summed E-state index contributed by atoms with van der Waals surface area (Å²) in [6.07, 6.45) is 5.11. The molecule has 1 saturated heterocycles. The molecule has 1 fully saturated rings. The highest BCUT2D eigenvalue weighted by molar-refractivity contribution is 5.85. The number of carboxylic acid groups (broad SMARTS) is 1. The molecule has 1 unspecified atom stereocenters. The minimum Gasteiger partial charge on any atom is -0.477 e. The molecule has 0 aliphatic carbocycles. The van der Waals surface area contributed by atoms with Crippen molar-refractivity contribution in [2.45, 2.75) is 25.3 Å². The smallest absolute Gasteiger partial charge is 0.354 e. The number of nitrogens with zero attached hydrogens (tertiary/aromatic N) is 3. The molecule has 0 saturated carbocycles. The number of piperidine rings is 1. The maximum absolute atomic E-state index is 10.8. The van der Waals surface area contributed by atoms with Gasteiger partial charge in [-0.05, 0) is 32.5 Å². The molecule has 1 aliphatic rings. The van der Waals surface area contributed by atoms with Gasteiger partial charge in [-0.25, -0.2) is 14.8 Å². The van der Waals surface area contributed by atoms with Crippen LogP contribution >= 0.6 is 0 Å². The fourth-order valence-electron chi connectivity index (χ4n) is 2.17. The van der Waals surface area contributed by atoms with Crippen molar-refractivity contribution in [3.63, 3.8) is 0 Å². The second-order valence-corrected chi connectivity index (χ2v) is 4.58. The molecule has 1 aliphatic heterocycles. The largest absolute Gasteiger partial charge is 0.477 e. The number of likely N-dealkylation sites (tertiary alicyclic amines) is 1. The van der Waals surface area contributed by atoms with Crippen LogP contribution in [0.2, 0.25) is 0 Å². The molecule has 0 bridgehead atoms. The number of hydrogen-bond donors (Lipinski definition) is 2. The number of nitrogens with one attached hydrogen (secondary N) is 1. The van der Waals surface area contributed by atoms with Crippen molar-refractivity contribution in [2.75, 3.05) is 25.5 Å². The van der Waals surface area contributed by atoms with E-state index in [9.17, 15) is 4.79 Å². The predicted molar refractivity (Wildman–Crippen MR) is 67.8 cm³/mol. The number of anilines is 1. The van der Waals surface area contributed by atoms with E-state index in [0.29, 0.717) is 12.0 Å². The molecule has 2 rings (SSSR count). The molecule has 1 atom stereocenters. The summed E-state index contributed by atoms with van der Waals surface area (Å²) in [6.45, 7) is 1.86.